The summed E-state index contributed by atoms with van der Waals surface area (Å²) in [7, 11) is 0. The van der Waals surface area contributed by atoms with Crippen molar-refractivity contribution in [1.29, 1.82) is 0 Å². The average molecular weight is 318 g/mol. The van der Waals surface area contributed by atoms with E-state index in [9.17, 15) is 18.4 Å². The van der Waals surface area contributed by atoms with Gasteiger partial charge >= 0.3 is 11.8 Å². The first-order valence-corrected chi connectivity index (χ1v) is 7.04. The number of nitrogens with one attached hydrogen (secondary N) is 2. The minimum atomic E-state index is -1.08. The molecule has 0 unspecified atom stereocenters. The van der Waals surface area contributed by atoms with Crippen molar-refractivity contribution in [3.05, 3.63) is 59.7 Å². The summed E-state index contributed by atoms with van der Waals surface area (Å²) >= 11 is 0. The van der Waals surface area contributed by atoms with Crippen LogP contribution in [0.1, 0.15) is 25.3 Å². The number of hydrogen-bond donors (Lipinski definition) is 2. The van der Waals surface area contributed by atoms with E-state index in [-0.39, 0.29) is 5.69 Å². The first-order chi connectivity index (χ1) is 10.9. The molecule has 0 heterocycles. The highest BCUT2D eigenvalue weighted by Gasteiger charge is 2.16. The van der Waals surface area contributed by atoms with Crippen LogP contribution in [0, 0.1) is 11.6 Å². The van der Waals surface area contributed by atoms with E-state index < -0.39 is 23.4 Å². The van der Waals surface area contributed by atoms with Crippen molar-refractivity contribution >= 4 is 23.2 Å². The topological polar surface area (TPSA) is 58.2 Å². The first-order valence-electron chi connectivity index (χ1n) is 7.04. The first kappa shape index (κ1) is 16.6. The highest BCUT2D eigenvalue weighted by Crippen LogP contribution is 2.18. The van der Waals surface area contributed by atoms with Gasteiger partial charge in [0.15, 0.2) is 0 Å². The van der Waals surface area contributed by atoms with Crippen LogP contribution in [0.3, 0.4) is 0 Å². The Balaban J connectivity index is 2.02. The van der Waals surface area contributed by atoms with Crippen molar-refractivity contribution in [3.8, 4) is 0 Å². The van der Waals surface area contributed by atoms with E-state index in [2.05, 4.69) is 5.32 Å². The van der Waals surface area contributed by atoms with Crippen LogP contribution in [0.4, 0.5) is 20.2 Å². The highest BCUT2D eigenvalue weighted by molar-refractivity contribution is 6.43. The molecule has 0 spiro atoms. The minimum Gasteiger partial charge on any atom is -0.318 e. The van der Waals surface area contributed by atoms with Gasteiger partial charge < -0.3 is 10.6 Å². The Kier molecular flexibility index (Phi) is 5.05. The summed E-state index contributed by atoms with van der Waals surface area (Å²) in [5.41, 5.74) is 1.14. The van der Waals surface area contributed by atoms with Crippen LogP contribution < -0.4 is 10.6 Å². The summed E-state index contributed by atoms with van der Waals surface area (Å²) in [5.74, 6) is -3.24. The molecule has 0 aromatic heterocycles. The highest BCUT2D eigenvalue weighted by atomic mass is 19.1. The van der Waals surface area contributed by atoms with E-state index in [4.69, 9.17) is 0 Å². The summed E-state index contributed by atoms with van der Waals surface area (Å²) < 4.78 is 26.5. The fourth-order valence-corrected chi connectivity index (χ4v) is 1.91. The Morgan fingerprint density at radius 2 is 1.52 bits per heavy atom. The number of rotatable bonds is 3. The maximum Gasteiger partial charge on any atom is 0.314 e. The molecule has 0 aliphatic carbocycles. The van der Waals surface area contributed by atoms with Gasteiger partial charge in [0, 0.05) is 11.8 Å². The summed E-state index contributed by atoms with van der Waals surface area (Å²) in [6, 6.07) is 9.61. The molecule has 0 aliphatic heterocycles. The zero-order chi connectivity index (χ0) is 17.0. The van der Waals surface area contributed by atoms with Crippen LogP contribution in [0.25, 0.3) is 0 Å². The van der Waals surface area contributed by atoms with Crippen LogP contribution >= 0.6 is 0 Å². The molecule has 2 rings (SSSR count). The van der Waals surface area contributed by atoms with Gasteiger partial charge in [0.2, 0.25) is 0 Å². The third-order valence-corrected chi connectivity index (χ3v) is 3.22. The lowest BCUT2D eigenvalue weighted by Gasteiger charge is -2.09. The molecule has 0 radical (unpaired) electrons. The Labute approximate surface area is 132 Å². The maximum atomic E-state index is 13.4. The van der Waals surface area contributed by atoms with Crippen molar-refractivity contribution in [2.45, 2.75) is 19.8 Å². The second kappa shape index (κ2) is 7.00. The lowest BCUT2D eigenvalue weighted by Crippen LogP contribution is -2.29. The van der Waals surface area contributed by atoms with Gasteiger partial charge in [-0.25, -0.2) is 8.78 Å². The van der Waals surface area contributed by atoms with Gasteiger partial charge in [0.25, 0.3) is 0 Å². The molecule has 2 aromatic carbocycles. The molecule has 0 atom stereocenters. The molecule has 0 fully saturated rings. The van der Waals surface area contributed by atoms with Gasteiger partial charge in [0.05, 0.1) is 5.69 Å². The molecule has 6 heteroatoms. The summed E-state index contributed by atoms with van der Waals surface area (Å²) in [6.45, 7) is 4.07. The number of benzene rings is 2. The summed E-state index contributed by atoms with van der Waals surface area (Å²) in [5, 5.41) is 4.43. The van der Waals surface area contributed by atoms with E-state index in [1.165, 1.54) is 0 Å². The second-order valence-electron chi connectivity index (χ2n) is 5.31. The largest absolute Gasteiger partial charge is 0.318 e. The predicted octanol–water partition coefficient (Wildman–Crippen LogP) is 3.67. The Morgan fingerprint density at radius 1 is 0.913 bits per heavy atom. The van der Waals surface area contributed by atoms with Crippen molar-refractivity contribution in [2.24, 2.45) is 0 Å². The van der Waals surface area contributed by atoms with Gasteiger partial charge in [-0.05, 0) is 35.7 Å². The quantitative estimate of drug-likeness (QED) is 0.849. The van der Waals surface area contributed by atoms with Crippen molar-refractivity contribution in [3.63, 3.8) is 0 Å². The molecule has 2 amide bonds. The number of hydrogen-bond acceptors (Lipinski definition) is 2. The maximum absolute atomic E-state index is 13.4. The van der Waals surface area contributed by atoms with Gasteiger partial charge in [-0.2, -0.15) is 0 Å². The van der Waals surface area contributed by atoms with Crippen molar-refractivity contribution in [2.75, 3.05) is 10.6 Å². The van der Waals surface area contributed by atoms with Crippen molar-refractivity contribution < 1.29 is 18.4 Å². The Hall–Kier alpha value is -2.76. The molecule has 0 bridgehead atoms. The standard InChI is InChI=1S/C17H16F2N2O2/c1-10(2)11-3-6-13(7-4-11)20-16(22)17(23)21-15-9-12(18)5-8-14(15)19/h3-10H,1-2H3,(H,20,22)(H,21,23). The van der Waals surface area contributed by atoms with Crippen molar-refractivity contribution in [1.82, 2.24) is 0 Å². The van der Waals surface area contributed by atoms with E-state index >= 15 is 0 Å². The zero-order valence-electron chi connectivity index (χ0n) is 12.7. The van der Waals surface area contributed by atoms with Crippen LogP contribution in [0.5, 0.6) is 0 Å². The molecule has 2 aromatic rings. The summed E-state index contributed by atoms with van der Waals surface area (Å²) in [6.07, 6.45) is 0. The number of carbonyl (C=O) groups is 2. The Morgan fingerprint density at radius 3 is 2.13 bits per heavy atom. The predicted molar refractivity (Wildman–Crippen MR) is 84.1 cm³/mol. The number of anilines is 2. The van der Waals surface area contributed by atoms with Gasteiger partial charge in [-0.3, -0.25) is 9.59 Å². The van der Waals surface area contributed by atoms with Gasteiger partial charge in [-0.15, -0.1) is 0 Å². The fourth-order valence-electron chi connectivity index (χ4n) is 1.91. The van der Waals surface area contributed by atoms with E-state index in [1.807, 2.05) is 31.3 Å². The molecule has 0 aliphatic rings. The number of halogens is 2. The fraction of sp³-hybridized carbons (Fsp3) is 0.176. The monoisotopic (exact) mass is 318 g/mol. The molecule has 120 valence electrons. The molecule has 2 N–H and O–H groups in total. The molecular formula is C17H16F2N2O2. The second-order valence-corrected chi connectivity index (χ2v) is 5.31. The third kappa shape index (κ3) is 4.35. The average Bonchev–Trinajstić information content (AvgIpc) is 2.51. The van der Waals surface area contributed by atoms with Crippen LogP contribution in [0.2, 0.25) is 0 Å². The number of amides is 2. The van der Waals surface area contributed by atoms with E-state index in [0.717, 1.165) is 23.8 Å². The van der Waals surface area contributed by atoms with Crippen LogP contribution in [-0.4, -0.2) is 11.8 Å². The molecular weight excluding hydrogens is 302 g/mol. The SMILES string of the molecule is CC(C)c1ccc(NC(=O)C(=O)Nc2cc(F)ccc2F)cc1. The van der Waals surface area contributed by atoms with Crippen LogP contribution in [0.15, 0.2) is 42.5 Å². The van der Waals surface area contributed by atoms with E-state index in [0.29, 0.717) is 11.6 Å². The van der Waals surface area contributed by atoms with Gasteiger partial charge in [-0.1, -0.05) is 26.0 Å². The van der Waals surface area contributed by atoms with Crippen LogP contribution in [-0.2, 0) is 9.59 Å². The molecule has 0 saturated heterocycles. The molecule has 4 nitrogen and oxygen atoms in total. The smallest absolute Gasteiger partial charge is 0.314 e. The Bertz CT molecular complexity index is 728. The third-order valence-electron chi connectivity index (χ3n) is 3.22. The summed E-state index contributed by atoms with van der Waals surface area (Å²) in [4.78, 5) is 23.5. The van der Waals surface area contributed by atoms with Gasteiger partial charge in [0.1, 0.15) is 11.6 Å². The molecule has 0 saturated carbocycles. The van der Waals surface area contributed by atoms with E-state index in [1.54, 1.807) is 12.1 Å². The lowest BCUT2D eigenvalue weighted by atomic mass is 10.0. The molecule has 23 heavy (non-hydrogen) atoms. The number of carbonyl (C=O) groups excluding carboxylic acids is 2. The normalized spacial score (nSPS) is 10.5. The minimum absolute atomic E-state index is 0.346. The zero-order valence-corrected chi connectivity index (χ0v) is 12.7. The lowest BCUT2D eigenvalue weighted by molar-refractivity contribution is -0.133.